The molecular weight excluding hydrogens is 150 g/mol. The molecule has 2 rings (SSSR count). The topological polar surface area (TPSA) is 17.0 Å². The summed E-state index contributed by atoms with van der Waals surface area (Å²) in [5, 5.41) is 0. The van der Waals surface area contributed by atoms with Gasteiger partial charge in [-0.3, -0.25) is 0 Å². The van der Waals surface area contributed by atoms with Crippen molar-refractivity contribution in [3.8, 4) is 0 Å². The average Bonchev–Trinajstić information content (AvgIpc) is 2.53. The number of oxazole rings is 1. The van der Waals surface area contributed by atoms with Crippen molar-refractivity contribution in [3.05, 3.63) is 30.7 Å². The Morgan fingerprint density at radius 3 is 2.50 bits per heavy atom. The maximum Gasteiger partial charge on any atom is 0.335 e. The molecule has 0 fully saturated rings. The molecule has 0 radical (unpaired) electrons. The molecular formula is C10H14NO+. The SMILES string of the molecule is CC.C[n+]1coc2ccccc21. The number of nitrogens with zero attached hydrogens (tertiary/aromatic N) is 1. The maximum atomic E-state index is 5.21. The van der Waals surface area contributed by atoms with E-state index in [0.29, 0.717) is 0 Å². The van der Waals surface area contributed by atoms with E-state index in [-0.39, 0.29) is 0 Å². The van der Waals surface area contributed by atoms with Gasteiger partial charge in [0.05, 0.1) is 0 Å². The van der Waals surface area contributed by atoms with Crippen molar-refractivity contribution in [2.24, 2.45) is 7.05 Å². The predicted octanol–water partition coefficient (Wildman–Crippen LogP) is 2.28. The summed E-state index contributed by atoms with van der Waals surface area (Å²) in [5.74, 6) is 0. The van der Waals surface area contributed by atoms with Gasteiger partial charge < -0.3 is 4.42 Å². The Balaban J connectivity index is 0.000000336. The van der Waals surface area contributed by atoms with E-state index in [2.05, 4.69) is 0 Å². The fourth-order valence-corrected chi connectivity index (χ4v) is 1.04. The summed E-state index contributed by atoms with van der Waals surface area (Å²) in [6.45, 7) is 4.00. The van der Waals surface area contributed by atoms with Crippen LogP contribution >= 0.6 is 0 Å². The molecule has 12 heavy (non-hydrogen) atoms. The average molecular weight is 164 g/mol. The first-order valence-electron chi connectivity index (χ1n) is 4.20. The van der Waals surface area contributed by atoms with Crippen LogP contribution in [0.5, 0.6) is 0 Å². The van der Waals surface area contributed by atoms with E-state index in [9.17, 15) is 0 Å². The van der Waals surface area contributed by atoms with Crippen LogP contribution in [0.1, 0.15) is 13.8 Å². The van der Waals surface area contributed by atoms with Gasteiger partial charge in [-0.1, -0.05) is 26.0 Å². The lowest BCUT2D eigenvalue weighted by atomic mass is 10.3. The van der Waals surface area contributed by atoms with E-state index in [1.54, 1.807) is 6.39 Å². The third-order valence-electron chi connectivity index (χ3n) is 1.58. The molecule has 0 bridgehead atoms. The van der Waals surface area contributed by atoms with E-state index in [1.807, 2.05) is 49.7 Å². The molecule has 0 aliphatic heterocycles. The number of aryl methyl sites for hydroxylation is 1. The fraction of sp³-hybridized carbons (Fsp3) is 0.300. The van der Waals surface area contributed by atoms with Crippen LogP contribution in [0, 0.1) is 0 Å². The first-order valence-corrected chi connectivity index (χ1v) is 4.20. The first kappa shape index (κ1) is 8.78. The molecule has 64 valence electrons. The highest BCUT2D eigenvalue weighted by molar-refractivity contribution is 5.67. The number of fused-ring (bicyclic) bond motifs is 1. The summed E-state index contributed by atoms with van der Waals surface area (Å²) >= 11 is 0. The molecule has 0 spiro atoms. The number of para-hydroxylation sites is 2. The molecule has 0 saturated carbocycles. The Kier molecular flexibility index (Phi) is 2.86. The van der Waals surface area contributed by atoms with Gasteiger partial charge >= 0.3 is 6.39 Å². The summed E-state index contributed by atoms with van der Waals surface area (Å²) in [4.78, 5) is 0. The quantitative estimate of drug-likeness (QED) is 0.546. The Bertz CT molecular complexity index is 351. The van der Waals surface area contributed by atoms with Crippen LogP contribution < -0.4 is 4.57 Å². The van der Waals surface area contributed by atoms with Crippen molar-refractivity contribution in [2.75, 3.05) is 0 Å². The van der Waals surface area contributed by atoms with Crippen LogP contribution in [0.15, 0.2) is 35.1 Å². The molecule has 2 heteroatoms. The van der Waals surface area contributed by atoms with Crippen molar-refractivity contribution in [3.63, 3.8) is 0 Å². The maximum absolute atomic E-state index is 5.21. The van der Waals surface area contributed by atoms with E-state index in [4.69, 9.17) is 4.42 Å². The van der Waals surface area contributed by atoms with Gasteiger partial charge in [-0.15, -0.1) is 0 Å². The highest BCUT2D eigenvalue weighted by atomic mass is 16.3. The van der Waals surface area contributed by atoms with Crippen molar-refractivity contribution in [1.82, 2.24) is 0 Å². The Morgan fingerprint density at radius 1 is 1.17 bits per heavy atom. The Hall–Kier alpha value is -1.31. The lowest BCUT2D eigenvalue weighted by molar-refractivity contribution is -0.650. The number of hydrogen-bond donors (Lipinski definition) is 0. The zero-order valence-corrected chi connectivity index (χ0v) is 7.74. The van der Waals surface area contributed by atoms with Crippen molar-refractivity contribution < 1.29 is 8.98 Å². The second kappa shape index (κ2) is 3.90. The smallest absolute Gasteiger partial charge is 0.335 e. The van der Waals surface area contributed by atoms with Gasteiger partial charge in [-0.25, -0.2) is 0 Å². The van der Waals surface area contributed by atoms with Crippen molar-refractivity contribution >= 4 is 11.1 Å². The minimum Gasteiger partial charge on any atom is -0.404 e. The van der Waals surface area contributed by atoms with Crippen LogP contribution in [0.4, 0.5) is 0 Å². The summed E-state index contributed by atoms with van der Waals surface area (Å²) in [6, 6.07) is 7.94. The standard InChI is InChI=1S/C8H8NO.C2H6/c1-9-6-10-8-5-3-2-4-7(8)9;1-2/h2-6H,1H3;1-2H3/q+1;. The van der Waals surface area contributed by atoms with Crippen LogP contribution in [0.3, 0.4) is 0 Å². The van der Waals surface area contributed by atoms with Gasteiger partial charge in [0, 0.05) is 6.07 Å². The zero-order chi connectivity index (χ0) is 8.97. The van der Waals surface area contributed by atoms with Crippen LogP contribution in [0.25, 0.3) is 11.1 Å². The molecule has 1 aromatic carbocycles. The third-order valence-corrected chi connectivity index (χ3v) is 1.58. The normalized spacial score (nSPS) is 9.25. The van der Waals surface area contributed by atoms with Gasteiger partial charge in [-0.2, -0.15) is 4.57 Å². The summed E-state index contributed by atoms with van der Waals surface area (Å²) in [5.41, 5.74) is 2.06. The lowest BCUT2D eigenvalue weighted by Crippen LogP contribution is -2.24. The molecule has 2 aromatic rings. The number of rotatable bonds is 0. The molecule has 0 amide bonds. The monoisotopic (exact) mass is 164 g/mol. The molecule has 0 aliphatic carbocycles. The molecule has 0 unspecified atom stereocenters. The highest BCUT2D eigenvalue weighted by Crippen LogP contribution is 2.07. The molecule has 0 atom stereocenters. The van der Waals surface area contributed by atoms with E-state index in [1.165, 1.54) is 0 Å². The van der Waals surface area contributed by atoms with Gasteiger partial charge in [0.15, 0.2) is 0 Å². The van der Waals surface area contributed by atoms with Gasteiger partial charge in [-0.05, 0) is 6.07 Å². The third kappa shape index (κ3) is 1.47. The molecule has 1 heterocycles. The molecule has 0 saturated heterocycles. The highest BCUT2D eigenvalue weighted by Gasteiger charge is 2.05. The minimum atomic E-state index is 0.935. The molecule has 1 aromatic heterocycles. The largest absolute Gasteiger partial charge is 0.404 e. The Morgan fingerprint density at radius 2 is 1.83 bits per heavy atom. The predicted molar refractivity (Wildman–Crippen MR) is 48.7 cm³/mol. The first-order chi connectivity index (χ1) is 5.88. The van der Waals surface area contributed by atoms with Crippen LogP contribution in [0.2, 0.25) is 0 Å². The second-order valence-electron chi connectivity index (χ2n) is 2.30. The number of hydrogen-bond acceptors (Lipinski definition) is 1. The number of aromatic nitrogens is 1. The van der Waals surface area contributed by atoms with E-state index < -0.39 is 0 Å². The van der Waals surface area contributed by atoms with Gasteiger partial charge in [0.2, 0.25) is 5.58 Å². The molecule has 0 N–H and O–H groups in total. The molecule has 2 nitrogen and oxygen atoms in total. The van der Waals surface area contributed by atoms with Crippen LogP contribution in [-0.2, 0) is 7.05 Å². The van der Waals surface area contributed by atoms with Gasteiger partial charge in [0.25, 0.3) is 5.52 Å². The second-order valence-corrected chi connectivity index (χ2v) is 2.30. The van der Waals surface area contributed by atoms with Crippen molar-refractivity contribution in [2.45, 2.75) is 13.8 Å². The van der Waals surface area contributed by atoms with E-state index >= 15 is 0 Å². The van der Waals surface area contributed by atoms with Gasteiger partial charge in [0.1, 0.15) is 7.05 Å². The molecule has 0 aliphatic rings. The summed E-state index contributed by atoms with van der Waals surface area (Å²) in [7, 11) is 1.96. The van der Waals surface area contributed by atoms with Crippen molar-refractivity contribution in [1.29, 1.82) is 0 Å². The Labute approximate surface area is 72.4 Å². The lowest BCUT2D eigenvalue weighted by Gasteiger charge is -1.78. The van der Waals surface area contributed by atoms with Crippen LogP contribution in [-0.4, -0.2) is 0 Å². The minimum absolute atomic E-state index is 0.935. The summed E-state index contributed by atoms with van der Waals surface area (Å²) < 4.78 is 7.17. The number of benzene rings is 1. The summed E-state index contributed by atoms with van der Waals surface area (Å²) in [6.07, 6.45) is 1.70. The zero-order valence-electron chi connectivity index (χ0n) is 7.74. The van der Waals surface area contributed by atoms with E-state index in [0.717, 1.165) is 11.1 Å². The fourth-order valence-electron chi connectivity index (χ4n) is 1.04.